The third-order valence-electron chi connectivity index (χ3n) is 1.08. The Kier molecular flexibility index (Phi) is 1.63. The predicted octanol–water partition coefficient (Wildman–Crippen LogP) is 0.262. The number of nitrogen functional groups attached to an aromatic ring is 1. The molecular weight excluding hydrogens is 148 g/mol. The minimum absolute atomic E-state index is 0.0717. The lowest BCUT2D eigenvalue weighted by Crippen LogP contribution is -2.09. The smallest absolute Gasteiger partial charge is 0.371 e. The van der Waals surface area contributed by atoms with Gasteiger partial charge in [0.2, 0.25) is 5.76 Å². The van der Waals surface area contributed by atoms with Gasteiger partial charge in [-0.3, -0.25) is 5.41 Å². The maximum absolute atomic E-state index is 10.2. The Morgan fingerprint density at radius 1 is 1.55 bits per heavy atom. The zero-order valence-corrected chi connectivity index (χ0v) is 5.50. The Morgan fingerprint density at radius 2 is 2.09 bits per heavy atom. The van der Waals surface area contributed by atoms with Crippen LogP contribution in [0.4, 0.5) is 0 Å². The molecule has 0 unspecified atom stereocenters. The average molecular weight is 154 g/mol. The van der Waals surface area contributed by atoms with Gasteiger partial charge in [0.15, 0.2) is 11.6 Å². The Bertz CT molecular complexity index is 274. The van der Waals surface area contributed by atoms with Gasteiger partial charge in [0.25, 0.3) is 0 Å². The van der Waals surface area contributed by atoms with Gasteiger partial charge in [0, 0.05) is 0 Å². The van der Waals surface area contributed by atoms with Crippen molar-refractivity contribution in [2.45, 2.75) is 0 Å². The van der Waals surface area contributed by atoms with Gasteiger partial charge in [0.05, 0.1) is 0 Å². The van der Waals surface area contributed by atoms with E-state index < -0.39 is 5.97 Å². The van der Waals surface area contributed by atoms with E-state index in [1.54, 1.807) is 0 Å². The lowest BCUT2D eigenvalue weighted by Gasteiger charge is -1.88. The van der Waals surface area contributed by atoms with Crippen molar-refractivity contribution in [3.05, 3.63) is 23.7 Å². The number of hydrogen-bond acceptors (Lipinski definition) is 3. The Labute approximate surface area is 61.9 Å². The molecule has 0 amide bonds. The molecule has 4 N–H and O–H groups in total. The van der Waals surface area contributed by atoms with E-state index in [0.29, 0.717) is 0 Å². The number of aromatic carboxylic acids is 1. The van der Waals surface area contributed by atoms with Gasteiger partial charge in [-0.25, -0.2) is 4.79 Å². The second kappa shape index (κ2) is 2.45. The number of carboxylic acid groups (broad SMARTS) is 1. The van der Waals surface area contributed by atoms with E-state index in [2.05, 4.69) is 4.42 Å². The molecule has 0 aromatic carbocycles. The maximum atomic E-state index is 10.2. The van der Waals surface area contributed by atoms with Crippen molar-refractivity contribution in [1.82, 2.24) is 0 Å². The molecule has 0 bridgehead atoms. The van der Waals surface area contributed by atoms with Crippen molar-refractivity contribution in [1.29, 1.82) is 5.41 Å². The monoisotopic (exact) mass is 154 g/mol. The fourth-order valence-electron chi connectivity index (χ4n) is 0.598. The highest BCUT2D eigenvalue weighted by Gasteiger charge is 2.09. The summed E-state index contributed by atoms with van der Waals surface area (Å²) in [5, 5.41) is 15.3. The highest BCUT2D eigenvalue weighted by Crippen LogP contribution is 2.06. The first kappa shape index (κ1) is 7.33. The molecule has 0 saturated carbocycles. The SMILES string of the molecule is N=C(N)c1ccc(C(=O)O)o1. The summed E-state index contributed by atoms with van der Waals surface area (Å²) < 4.78 is 4.66. The molecule has 0 atom stereocenters. The number of furan rings is 1. The molecular formula is C6H6N2O3. The normalized spacial score (nSPS) is 9.45. The zero-order valence-electron chi connectivity index (χ0n) is 5.50. The van der Waals surface area contributed by atoms with E-state index in [-0.39, 0.29) is 17.4 Å². The lowest BCUT2D eigenvalue weighted by atomic mass is 10.4. The summed E-state index contributed by atoms with van der Waals surface area (Å²) in [5.74, 6) is -1.59. The van der Waals surface area contributed by atoms with Crippen LogP contribution in [-0.2, 0) is 0 Å². The first-order valence-corrected chi connectivity index (χ1v) is 2.79. The number of hydrogen-bond donors (Lipinski definition) is 3. The molecule has 0 fully saturated rings. The number of amidine groups is 1. The quantitative estimate of drug-likeness (QED) is 0.420. The van der Waals surface area contributed by atoms with Gasteiger partial charge < -0.3 is 15.3 Å². The number of rotatable bonds is 2. The fraction of sp³-hybridized carbons (Fsp3) is 0. The van der Waals surface area contributed by atoms with E-state index in [4.69, 9.17) is 16.2 Å². The molecule has 0 aliphatic heterocycles. The van der Waals surface area contributed by atoms with Gasteiger partial charge >= 0.3 is 5.97 Å². The van der Waals surface area contributed by atoms with Crippen molar-refractivity contribution in [2.24, 2.45) is 5.73 Å². The van der Waals surface area contributed by atoms with Crippen LogP contribution in [0, 0.1) is 5.41 Å². The lowest BCUT2D eigenvalue weighted by molar-refractivity contribution is 0.0662. The highest BCUT2D eigenvalue weighted by molar-refractivity contribution is 5.94. The van der Waals surface area contributed by atoms with Gasteiger partial charge in [-0.2, -0.15) is 0 Å². The van der Waals surface area contributed by atoms with Gasteiger partial charge in [-0.05, 0) is 12.1 Å². The first-order chi connectivity index (χ1) is 5.11. The Morgan fingerprint density at radius 3 is 2.36 bits per heavy atom. The summed E-state index contributed by atoms with van der Waals surface area (Å²) in [6.45, 7) is 0. The van der Waals surface area contributed by atoms with Crippen LogP contribution in [-0.4, -0.2) is 16.9 Å². The summed E-state index contributed by atoms with van der Waals surface area (Å²) in [6.07, 6.45) is 0. The van der Waals surface area contributed by atoms with Crippen molar-refractivity contribution >= 4 is 11.8 Å². The fourth-order valence-corrected chi connectivity index (χ4v) is 0.598. The van der Waals surface area contributed by atoms with Crippen molar-refractivity contribution in [3.8, 4) is 0 Å². The third-order valence-corrected chi connectivity index (χ3v) is 1.08. The van der Waals surface area contributed by atoms with Crippen molar-refractivity contribution < 1.29 is 14.3 Å². The molecule has 1 aromatic rings. The molecule has 1 heterocycles. The van der Waals surface area contributed by atoms with E-state index in [0.717, 1.165) is 0 Å². The topological polar surface area (TPSA) is 100 Å². The molecule has 11 heavy (non-hydrogen) atoms. The van der Waals surface area contributed by atoms with Gasteiger partial charge in [-0.15, -0.1) is 0 Å². The highest BCUT2D eigenvalue weighted by atomic mass is 16.4. The third kappa shape index (κ3) is 1.37. The van der Waals surface area contributed by atoms with Crippen LogP contribution in [0.2, 0.25) is 0 Å². The molecule has 0 aliphatic carbocycles. The molecule has 5 heteroatoms. The van der Waals surface area contributed by atoms with Crippen LogP contribution in [0.1, 0.15) is 16.3 Å². The number of carboxylic acids is 1. The van der Waals surface area contributed by atoms with Crippen molar-refractivity contribution in [2.75, 3.05) is 0 Å². The minimum atomic E-state index is -1.17. The van der Waals surface area contributed by atoms with Crippen molar-refractivity contribution in [3.63, 3.8) is 0 Å². The van der Waals surface area contributed by atoms with Crippen LogP contribution in [0.25, 0.3) is 0 Å². The maximum Gasteiger partial charge on any atom is 0.371 e. The van der Waals surface area contributed by atoms with Crippen LogP contribution in [0.5, 0.6) is 0 Å². The molecule has 0 saturated heterocycles. The first-order valence-electron chi connectivity index (χ1n) is 2.79. The van der Waals surface area contributed by atoms with Gasteiger partial charge in [-0.1, -0.05) is 0 Å². The van der Waals surface area contributed by atoms with Crippen LogP contribution < -0.4 is 5.73 Å². The van der Waals surface area contributed by atoms with Crippen LogP contribution in [0.3, 0.4) is 0 Å². The summed E-state index contributed by atoms with van der Waals surface area (Å²) in [5.41, 5.74) is 5.02. The predicted molar refractivity (Wildman–Crippen MR) is 36.7 cm³/mol. The minimum Gasteiger partial charge on any atom is -0.475 e. The second-order valence-corrected chi connectivity index (χ2v) is 1.88. The summed E-state index contributed by atoms with van der Waals surface area (Å²) >= 11 is 0. The molecule has 0 aliphatic rings. The summed E-state index contributed by atoms with van der Waals surface area (Å²) in [4.78, 5) is 10.2. The molecule has 5 nitrogen and oxygen atoms in total. The largest absolute Gasteiger partial charge is 0.475 e. The Hall–Kier alpha value is -1.78. The Balaban J connectivity index is 2.99. The second-order valence-electron chi connectivity index (χ2n) is 1.88. The van der Waals surface area contributed by atoms with E-state index in [9.17, 15) is 4.79 Å². The molecule has 58 valence electrons. The van der Waals surface area contributed by atoms with Crippen LogP contribution >= 0.6 is 0 Å². The number of nitrogens with one attached hydrogen (secondary N) is 1. The number of carbonyl (C=O) groups is 1. The van der Waals surface area contributed by atoms with E-state index >= 15 is 0 Å². The summed E-state index contributed by atoms with van der Waals surface area (Å²) in [7, 11) is 0. The molecule has 0 radical (unpaired) electrons. The number of nitrogens with two attached hydrogens (primary N) is 1. The molecule has 1 rings (SSSR count). The summed E-state index contributed by atoms with van der Waals surface area (Å²) in [6, 6.07) is 2.59. The molecule has 0 spiro atoms. The standard InChI is InChI=1S/C6H6N2O3/c7-5(8)3-1-2-4(11-3)6(9)10/h1-2H,(H3,7,8)(H,9,10). The average Bonchev–Trinajstić information content (AvgIpc) is 2.33. The van der Waals surface area contributed by atoms with E-state index in [1.807, 2.05) is 0 Å². The van der Waals surface area contributed by atoms with Crippen LogP contribution in [0.15, 0.2) is 16.5 Å². The van der Waals surface area contributed by atoms with Gasteiger partial charge in [0.1, 0.15) is 0 Å². The molecule has 1 aromatic heterocycles. The van der Waals surface area contributed by atoms with E-state index in [1.165, 1.54) is 12.1 Å². The zero-order chi connectivity index (χ0) is 8.43.